The smallest absolute Gasteiger partial charge is 0.119 e. The number of rotatable bonds is 12. The molecule has 6 nitrogen and oxygen atoms in total. The van der Waals surface area contributed by atoms with Crippen molar-refractivity contribution in [2.24, 2.45) is 10.9 Å². The third kappa shape index (κ3) is 8.14. The summed E-state index contributed by atoms with van der Waals surface area (Å²) >= 11 is 0. The average Bonchev–Trinajstić information content (AvgIpc) is 3.48. The van der Waals surface area contributed by atoms with Crippen LogP contribution in [0.25, 0.3) is 0 Å². The van der Waals surface area contributed by atoms with Crippen molar-refractivity contribution in [1.29, 1.82) is 0 Å². The van der Waals surface area contributed by atoms with Crippen LogP contribution in [0.4, 0.5) is 0 Å². The molecule has 4 heterocycles. The summed E-state index contributed by atoms with van der Waals surface area (Å²) in [4.78, 5) is 15.6. The number of benzene rings is 1. The Kier molecular flexibility index (Phi) is 10.7. The van der Waals surface area contributed by atoms with E-state index >= 15 is 0 Å². The lowest BCUT2D eigenvalue weighted by Gasteiger charge is -2.43. The second-order valence-corrected chi connectivity index (χ2v) is 12.0. The molecule has 0 saturated carbocycles. The molecular formula is C32H51N5O. The Bertz CT molecular complexity index is 866. The van der Waals surface area contributed by atoms with Gasteiger partial charge in [-0.2, -0.15) is 0 Å². The molecule has 210 valence electrons. The normalized spacial score (nSPS) is 25.9. The molecule has 0 aliphatic carbocycles. The molecule has 1 aromatic carbocycles. The van der Waals surface area contributed by atoms with E-state index in [1.54, 1.807) is 0 Å². The number of hydrogen-bond acceptors (Lipinski definition) is 6. The van der Waals surface area contributed by atoms with Crippen molar-refractivity contribution >= 4 is 6.21 Å². The van der Waals surface area contributed by atoms with Gasteiger partial charge in [-0.25, -0.2) is 0 Å². The Balaban J connectivity index is 1.05. The molecule has 0 amide bonds. The summed E-state index contributed by atoms with van der Waals surface area (Å²) < 4.78 is 6.04. The standard InChI is InChI=1S/C32H51N5O/c1-28-9-7-16-33-32(28)37(25-24-35-19-5-6-20-35)30-14-22-36(23-15-30)27-29-10-12-31(13-11-29)38-26-8-21-34-17-3-2-4-18-34/h7,9-13,16,28,30,32H,2-6,8,14-15,17-27H2,1H3. The summed E-state index contributed by atoms with van der Waals surface area (Å²) in [5, 5.41) is 0. The number of likely N-dealkylation sites (tertiary alicyclic amines) is 3. The van der Waals surface area contributed by atoms with Gasteiger partial charge in [-0.1, -0.05) is 31.6 Å². The van der Waals surface area contributed by atoms with E-state index in [1.807, 2.05) is 6.21 Å². The van der Waals surface area contributed by atoms with Gasteiger partial charge in [0.1, 0.15) is 11.9 Å². The Morgan fingerprint density at radius 2 is 1.53 bits per heavy atom. The number of allylic oxidation sites excluding steroid dienone is 1. The van der Waals surface area contributed by atoms with E-state index in [2.05, 4.69) is 62.9 Å². The molecule has 0 N–H and O–H groups in total. The van der Waals surface area contributed by atoms with Gasteiger partial charge < -0.3 is 14.5 Å². The molecule has 0 radical (unpaired) electrons. The van der Waals surface area contributed by atoms with Crippen molar-refractivity contribution in [3.8, 4) is 5.75 Å². The number of ether oxygens (including phenoxy) is 1. The first-order valence-electron chi connectivity index (χ1n) is 15.6. The van der Waals surface area contributed by atoms with E-state index < -0.39 is 0 Å². The van der Waals surface area contributed by atoms with Crippen LogP contribution < -0.4 is 4.74 Å². The van der Waals surface area contributed by atoms with E-state index in [0.29, 0.717) is 18.1 Å². The van der Waals surface area contributed by atoms with Gasteiger partial charge >= 0.3 is 0 Å². The molecule has 3 saturated heterocycles. The highest BCUT2D eigenvalue weighted by molar-refractivity contribution is 5.72. The minimum Gasteiger partial charge on any atom is -0.494 e. The van der Waals surface area contributed by atoms with E-state index in [-0.39, 0.29) is 0 Å². The number of aliphatic imine (C=N–C) groups is 1. The van der Waals surface area contributed by atoms with Gasteiger partial charge in [0.15, 0.2) is 0 Å². The zero-order chi connectivity index (χ0) is 26.0. The van der Waals surface area contributed by atoms with Crippen LogP contribution in [0, 0.1) is 5.92 Å². The zero-order valence-corrected chi connectivity index (χ0v) is 23.9. The summed E-state index contributed by atoms with van der Waals surface area (Å²) in [7, 11) is 0. The Hall–Kier alpha value is -1.73. The minimum absolute atomic E-state index is 0.298. The highest BCUT2D eigenvalue weighted by Crippen LogP contribution is 2.26. The molecule has 0 bridgehead atoms. The van der Waals surface area contributed by atoms with Crippen LogP contribution in [0.3, 0.4) is 0 Å². The van der Waals surface area contributed by atoms with E-state index in [1.165, 1.54) is 103 Å². The van der Waals surface area contributed by atoms with Crippen molar-refractivity contribution in [1.82, 2.24) is 19.6 Å². The molecule has 6 heteroatoms. The summed E-state index contributed by atoms with van der Waals surface area (Å²) in [6, 6.07) is 9.49. The third-order valence-electron chi connectivity index (χ3n) is 9.11. The topological polar surface area (TPSA) is 34.5 Å². The summed E-state index contributed by atoms with van der Waals surface area (Å²) in [5.74, 6) is 1.50. The molecule has 4 aliphatic heterocycles. The van der Waals surface area contributed by atoms with Crippen LogP contribution in [-0.2, 0) is 6.54 Å². The highest BCUT2D eigenvalue weighted by atomic mass is 16.5. The molecule has 38 heavy (non-hydrogen) atoms. The van der Waals surface area contributed by atoms with Gasteiger partial charge in [-0.3, -0.25) is 14.8 Å². The molecule has 2 unspecified atom stereocenters. The largest absolute Gasteiger partial charge is 0.494 e. The van der Waals surface area contributed by atoms with Gasteiger partial charge in [-0.05, 0) is 108 Å². The highest BCUT2D eigenvalue weighted by Gasteiger charge is 2.32. The van der Waals surface area contributed by atoms with E-state index in [9.17, 15) is 0 Å². The zero-order valence-electron chi connectivity index (χ0n) is 23.9. The van der Waals surface area contributed by atoms with Crippen LogP contribution in [0.1, 0.15) is 63.9 Å². The molecule has 1 aromatic rings. The summed E-state index contributed by atoms with van der Waals surface area (Å²) in [5.41, 5.74) is 1.39. The molecular weight excluding hydrogens is 470 g/mol. The van der Waals surface area contributed by atoms with E-state index in [4.69, 9.17) is 9.73 Å². The molecule has 2 atom stereocenters. The van der Waals surface area contributed by atoms with Gasteiger partial charge in [0, 0.05) is 44.4 Å². The Morgan fingerprint density at radius 1 is 0.842 bits per heavy atom. The minimum atomic E-state index is 0.298. The average molecular weight is 522 g/mol. The van der Waals surface area contributed by atoms with Gasteiger partial charge in [0.25, 0.3) is 0 Å². The van der Waals surface area contributed by atoms with Crippen LogP contribution in [0.5, 0.6) is 5.75 Å². The SMILES string of the molecule is CC1C=CC=NC1N(CCN1CCCC1)C1CCN(Cc2ccc(OCCCN3CCCCC3)cc2)CC1. The number of hydrogen-bond donors (Lipinski definition) is 0. The Labute approximate surface area is 231 Å². The summed E-state index contributed by atoms with van der Waals surface area (Å²) in [6.45, 7) is 15.1. The fourth-order valence-corrected chi connectivity index (χ4v) is 6.80. The van der Waals surface area contributed by atoms with E-state index in [0.717, 1.165) is 31.9 Å². The lowest BCUT2D eigenvalue weighted by atomic mass is 9.97. The predicted molar refractivity (Wildman–Crippen MR) is 158 cm³/mol. The van der Waals surface area contributed by atoms with Crippen molar-refractivity contribution < 1.29 is 4.74 Å². The van der Waals surface area contributed by atoms with Crippen molar-refractivity contribution in [2.45, 2.75) is 77.0 Å². The number of piperidine rings is 2. The van der Waals surface area contributed by atoms with Crippen molar-refractivity contribution in [3.63, 3.8) is 0 Å². The van der Waals surface area contributed by atoms with Crippen molar-refractivity contribution in [3.05, 3.63) is 42.0 Å². The lowest BCUT2D eigenvalue weighted by Crippen LogP contribution is -2.52. The molecule has 0 spiro atoms. The lowest BCUT2D eigenvalue weighted by molar-refractivity contribution is 0.0531. The maximum absolute atomic E-state index is 6.04. The quantitative estimate of drug-likeness (QED) is 0.365. The van der Waals surface area contributed by atoms with Gasteiger partial charge in [0.2, 0.25) is 0 Å². The van der Waals surface area contributed by atoms with Gasteiger partial charge in [0.05, 0.1) is 6.61 Å². The summed E-state index contributed by atoms with van der Waals surface area (Å²) in [6.07, 6.45) is 17.2. The molecule has 0 aromatic heterocycles. The van der Waals surface area contributed by atoms with Crippen LogP contribution in [0.2, 0.25) is 0 Å². The molecule has 5 rings (SSSR count). The maximum Gasteiger partial charge on any atom is 0.119 e. The van der Waals surface area contributed by atoms with Crippen LogP contribution >= 0.6 is 0 Å². The first-order valence-corrected chi connectivity index (χ1v) is 15.6. The fourth-order valence-electron chi connectivity index (χ4n) is 6.80. The van der Waals surface area contributed by atoms with Crippen LogP contribution in [-0.4, -0.2) is 104 Å². The van der Waals surface area contributed by atoms with Gasteiger partial charge in [-0.15, -0.1) is 0 Å². The fraction of sp³-hybridized carbons (Fsp3) is 0.719. The van der Waals surface area contributed by atoms with Crippen molar-refractivity contribution in [2.75, 3.05) is 65.5 Å². The first kappa shape index (κ1) is 27.8. The number of nitrogens with zero attached hydrogens (tertiary/aromatic N) is 5. The second-order valence-electron chi connectivity index (χ2n) is 12.0. The number of dihydropyridines is 1. The van der Waals surface area contributed by atoms with Crippen LogP contribution in [0.15, 0.2) is 41.4 Å². The second kappa shape index (κ2) is 14.6. The molecule has 3 fully saturated rings. The maximum atomic E-state index is 6.04. The Morgan fingerprint density at radius 3 is 2.24 bits per heavy atom. The molecule has 4 aliphatic rings. The monoisotopic (exact) mass is 521 g/mol. The predicted octanol–water partition coefficient (Wildman–Crippen LogP) is 4.91. The first-order chi connectivity index (χ1) is 18.7. The third-order valence-corrected chi connectivity index (χ3v) is 9.11.